The van der Waals surface area contributed by atoms with Crippen molar-refractivity contribution in [1.82, 2.24) is 28.8 Å². The topological polar surface area (TPSA) is 114 Å². The Bertz CT molecular complexity index is 1990. The maximum Gasteiger partial charge on any atom is 0.269 e. The van der Waals surface area contributed by atoms with Gasteiger partial charge in [-0.25, -0.2) is 21.8 Å². The molecule has 0 bridgehead atoms. The first-order chi connectivity index (χ1) is 19.8. The van der Waals surface area contributed by atoms with Crippen molar-refractivity contribution in [3.63, 3.8) is 0 Å². The van der Waals surface area contributed by atoms with E-state index in [4.69, 9.17) is 0 Å². The van der Waals surface area contributed by atoms with Gasteiger partial charge in [0, 0.05) is 61.3 Å². The van der Waals surface area contributed by atoms with Crippen LogP contribution in [0.25, 0.3) is 33.7 Å². The number of nitrogens with zero attached hydrogens (tertiary/aromatic N) is 5. The number of carbonyl (C=O) groups is 1. The number of aromatic amines is 1. The first-order valence-electron chi connectivity index (χ1n) is 12.6. The fourth-order valence-corrected chi connectivity index (χ4v) is 5.97. The molecule has 6 aromatic rings. The Morgan fingerprint density at radius 1 is 0.976 bits per heavy atom. The fraction of sp³-hybridized carbons (Fsp3) is 0.0667. The highest BCUT2D eigenvalue weighted by molar-refractivity contribution is 7.90. The number of rotatable bonds is 7. The summed E-state index contributed by atoms with van der Waals surface area (Å²) < 4.78 is 42.9. The molecule has 6 rings (SSSR count). The number of carbonyl (C=O) groups excluding carboxylic acids is 1. The number of hydrogen-bond donors (Lipinski definition) is 1. The van der Waals surface area contributed by atoms with Crippen molar-refractivity contribution in [2.45, 2.75) is 11.4 Å². The van der Waals surface area contributed by atoms with E-state index in [1.165, 1.54) is 53.8 Å². The van der Waals surface area contributed by atoms with Gasteiger partial charge in [0.25, 0.3) is 15.9 Å². The number of pyridine rings is 2. The van der Waals surface area contributed by atoms with Gasteiger partial charge in [0.2, 0.25) is 0 Å². The van der Waals surface area contributed by atoms with E-state index in [2.05, 4.69) is 19.9 Å². The Kier molecular flexibility index (Phi) is 6.64. The maximum atomic E-state index is 14.8. The van der Waals surface area contributed by atoms with Crippen molar-refractivity contribution in [2.75, 3.05) is 7.05 Å². The van der Waals surface area contributed by atoms with Gasteiger partial charge >= 0.3 is 0 Å². The van der Waals surface area contributed by atoms with Gasteiger partial charge in [-0.3, -0.25) is 14.8 Å². The molecule has 0 saturated heterocycles. The molecule has 0 aliphatic heterocycles. The molecule has 204 valence electrons. The minimum atomic E-state index is -4.10. The van der Waals surface area contributed by atoms with Crippen molar-refractivity contribution < 1.29 is 17.6 Å². The number of fused-ring (bicyclic) bond motifs is 1. The summed E-state index contributed by atoms with van der Waals surface area (Å²) in [6, 6.07) is 19.3. The lowest BCUT2D eigenvalue weighted by Gasteiger charge is -2.16. The smallest absolute Gasteiger partial charge is 0.269 e. The fourth-order valence-electron chi connectivity index (χ4n) is 4.62. The third-order valence-electron chi connectivity index (χ3n) is 6.63. The molecule has 41 heavy (non-hydrogen) atoms. The van der Waals surface area contributed by atoms with Crippen molar-refractivity contribution in [3.05, 3.63) is 121 Å². The van der Waals surface area contributed by atoms with Crippen LogP contribution in [0.2, 0.25) is 0 Å². The Morgan fingerprint density at radius 3 is 2.54 bits per heavy atom. The Labute approximate surface area is 235 Å². The van der Waals surface area contributed by atoms with Crippen LogP contribution in [0, 0.1) is 5.82 Å². The lowest BCUT2D eigenvalue weighted by molar-refractivity contribution is 0.0785. The molecule has 0 radical (unpaired) electrons. The van der Waals surface area contributed by atoms with Crippen LogP contribution in [0.15, 0.2) is 109 Å². The van der Waals surface area contributed by atoms with Gasteiger partial charge in [0.1, 0.15) is 16.5 Å². The standard InChI is InChI=1S/C30H23FN6O3S/c1-36(30(38)22-8-9-26-27(16-22)35-29(34-26)21-10-13-32-14-11-21)18-20-15-28(24-6-2-3-7-25(24)31)37(19-20)41(39,40)23-5-4-12-33-17-23/h2-17,19H,18H2,1H3,(H,34,35). The molecule has 0 fully saturated rings. The number of imidazole rings is 1. The summed E-state index contributed by atoms with van der Waals surface area (Å²) in [5.41, 5.74) is 3.49. The molecule has 0 atom stereocenters. The highest BCUT2D eigenvalue weighted by atomic mass is 32.2. The van der Waals surface area contributed by atoms with Crippen LogP contribution in [0.3, 0.4) is 0 Å². The van der Waals surface area contributed by atoms with E-state index in [0.29, 0.717) is 28.0 Å². The first kappa shape index (κ1) is 26.1. The molecule has 0 unspecified atom stereocenters. The zero-order valence-corrected chi connectivity index (χ0v) is 22.6. The molecule has 4 heterocycles. The average Bonchev–Trinajstić information content (AvgIpc) is 3.62. The maximum absolute atomic E-state index is 14.8. The predicted molar refractivity (Wildman–Crippen MR) is 152 cm³/mol. The van der Waals surface area contributed by atoms with Gasteiger partial charge in [0.05, 0.1) is 16.7 Å². The second-order valence-electron chi connectivity index (χ2n) is 9.42. The first-order valence-corrected chi connectivity index (χ1v) is 14.0. The molecular formula is C30H23FN6O3S. The number of benzene rings is 2. The number of aromatic nitrogens is 5. The summed E-state index contributed by atoms with van der Waals surface area (Å²) >= 11 is 0. The van der Waals surface area contributed by atoms with Crippen LogP contribution < -0.4 is 0 Å². The van der Waals surface area contributed by atoms with Crippen LogP contribution in [0.5, 0.6) is 0 Å². The number of amides is 1. The van der Waals surface area contributed by atoms with Crippen LogP contribution in [0.1, 0.15) is 15.9 Å². The van der Waals surface area contributed by atoms with E-state index in [1.807, 2.05) is 12.1 Å². The lowest BCUT2D eigenvalue weighted by Crippen LogP contribution is -2.26. The van der Waals surface area contributed by atoms with Crippen molar-refractivity contribution in [2.24, 2.45) is 0 Å². The molecule has 9 nitrogen and oxygen atoms in total. The van der Waals surface area contributed by atoms with Crippen LogP contribution in [-0.2, 0) is 16.6 Å². The number of halogens is 1. The summed E-state index contributed by atoms with van der Waals surface area (Å²) in [5.74, 6) is -0.178. The van der Waals surface area contributed by atoms with E-state index in [9.17, 15) is 17.6 Å². The van der Waals surface area contributed by atoms with Crippen LogP contribution in [0.4, 0.5) is 4.39 Å². The predicted octanol–water partition coefficient (Wildman–Crippen LogP) is 5.14. The molecule has 1 amide bonds. The van der Waals surface area contributed by atoms with Gasteiger partial charge in [0.15, 0.2) is 0 Å². The zero-order chi connectivity index (χ0) is 28.6. The largest absolute Gasteiger partial charge is 0.338 e. The summed E-state index contributed by atoms with van der Waals surface area (Å²) in [6.07, 6.45) is 7.48. The minimum Gasteiger partial charge on any atom is -0.338 e. The highest BCUT2D eigenvalue weighted by Crippen LogP contribution is 2.30. The summed E-state index contributed by atoms with van der Waals surface area (Å²) in [5, 5.41) is 0. The van der Waals surface area contributed by atoms with E-state index in [1.54, 1.807) is 49.8 Å². The molecule has 0 saturated carbocycles. The molecule has 4 aromatic heterocycles. The Morgan fingerprint density at radius 2 is 1.78 bits per heavy atom. The third kappa shape index (κ3) is 4.98. The summed E-state index contributed by atoms with van der Waals surface area (Å²) in [6.45, 7) is 0.0825. The minimum absolute atomic E-state index is 0.0387. The molecule has 1 N–H and O–H groups in total. The van der Waals surface area contributed by atoms with E-state index >= 15 is 0 Å². The highest BCUT2D eigenvalue weighted by Gasteiger charge is 2.24. The van der Waals surface area contributed by atoms with Gasteiger partial charge in [-0.1, -0.05) is 12.1 Å². The second-order valence-corrected chi connectivity index (χ2v) is 11.2. The van der Waals surface area contributed by atoms with Gasteiger partial charge in [-0.05, 0) is 66.2 Å². The van der Waals surface area contributed by atoms with E-state index in [0.717, 1.165) is 9.54 Å². The Hall–Kier alpha value is -5.16. The van der Waals surface area contributed by atoms with Gasteiger partial charge < -0.3 is 9.88 Å². The SMILES string of the molecule is CN(Cc1cc(-c2ccccc2F)n(S(=O)(=O)c2cccnc2)c1)C(=O)c1ccc2nc(-c3ccncc3)[nH]c2c1. The van der Waals surface area contributed by atoms with Gasteiger partial charge in [-0.2, -0.15) is 0 Å². The zero-order valence-electron chi connectivity index (χ0n) is 21.8. The lowest BCUT2D eigenvalue weighted by atomic mass is 10.1. The second kappa shape index (κ2) is 10.4. The van der Waals surface area contributed by atoms with Crippen LogP contribution >= 0.6 is 0 Å². The molecule has 0 aliphatic rings. The molecule has 0 spiro atoms. The third-order valence-corrected chi connectivity index (χ3v) is 8.29. The quantitative estimate of drug-likeness (QED) is 0.286. The van der Waals surface area contributed by atoms with Crippen molar-refractivity contribution in [3.8, 4) is 22.6 Å². The number of hydrogen-bond acceptors (Lipinski definition) is 6. The number of nitrogens with one attached hydrogen (secondary N) is 1. The molecule has 0 aliphatic carbocycles. The van der Waals surface area contributed by atoms with E-state index < -0.39 is 15.8 Å². The molecular weight excluding hydrogens is 543 g/mol. The van der Waals surface area contributed by atoms with Crippen molar-refractivity contribution in [1.29, 1.82) is 0 Å². The summed E-state index contributed by atoms with van der Waals surface area (Å²) in [7, 11) is -2.48. The summed E-state index contributed by atoms with van der Waals surface area (Å²) in [4.78, 5) is 30.6. The average molecular weight is 567 g/mol. The normalized spacial score (nSPS) is 11.6. The number of H-pyrrole nitrogens is 1. The monoisotopic (exact) mass is 566 g/mol. The molecule has 2 aromatic carbocycles. The Balaban J connectivity index is 1.32. The van der Waals surface area contributed by atoms with Gasteiger partial charge in [-0.15, -0.1) is 0 Å². The van der Waals surface area contributed by atoms with E-state index in [-0.39, 0.29) is 28.6 Å². The van der Waals surface area contributed by atoms with Crippen molar-refractivity contribution >= 4 is 27.0 Å². The van der Waals surface area contributed by atoms with Crippen LogP contribution in [-0.4, -0.2) is 50.2 Å². The molecule has 11 heteroatoms.